The monoisotopic (exact) mass is 438 g/mol. The predicted molar refractivity (Wildman–Crippen MR) is 122 cm³/mol. The van der Waals surface area contributed by atoms with Gasteiger partial charge in [0.2, 0.25) is 0 Å². The van der Waals surface area contributed by atoms with Crippen molar-refractivity contribution in [2.45, 2.75) is 57.2 Å². The second-order valence-electron chi connectivity index (χ2n) is 9.37. The van der Waals surface area contributed by atoms with E-state index >= 15 is 0 Å². The molecule has 3 aromatic heterocycles. The lowest BCUT2D eigenvalue weighted by molar-refractivity contribution is -0.00544. The number of nitrogens with zero attached hydrogens (tertiary/aromatic N) is 5. The van der Waals surface area contributed by atoms with Crippen LogP contribution in [0.1, 0.15) is 43.9 Å². The Morgan fingerprint density at radius 3 is 2.81 bits per heavy atom. The van der Waals surface area contributed by atoms with E-state index in [0.29, 0.717) is 11.1 Å². The average molecular weight is 439 g/mol. The molecule has 7 nitrogen and oxygen atoms in total. The van der Waals surface area contributed by atoms with Crippen LogP contribution in [0.4, 0.5) is 11.5 Å². The molecule has 162 valence electrons. The zero-order valence-corrected chi connectivity index (χ0v) is 18.4. The van der Waals surface area contributed by atoms with Crippen molar-refractivity contribution in [1.82, 2.24) is 19.9 Å². The van der Waals surface area contributed by atoms with Crippen LogP contribution in [-0.2, 0) is 13.0 Å². The number of fused-ring (bicyclic) bond motifs is 2. The summed E-state index contributed by atoms with van der Waals surface area (Å²) < 4.78 is 0. The van der Waals surface area contributed by atoms with Crippen molar-refractivity contribution >= 4 is 34.1 Å². The highest BCUT2D eigenvalue weighted by molar-refractivity contribution is 6.30. The van der Waals surface area contributed by atoms with Crippen LogP contribution in [0.15, 0.2) is 24.7 Å². The quantitative estimate of drug-likeness (QED) is 0.607. The maximum absolute atomic E-state index is 11.0. The van der Waals surface area contributed by atoms with Gasteiger partial charge in [-0.25, -0.2) is 15.0 Å². The summed E-state index contributed by atoms with van der Waals surface area (Å²) in [6.07, 6.45) is 8.45. The van der Waals surface area contributed by atoms with E-state index < -0.39 is 5.60 Å². The maximum atomic E-state index is 11.0. The molecule has 6 rings (SSSR count). The molecule has 8 heteroatoms. The molecule has 3 aromatic rings. The number of pyridine rings is 1. The number of piperidine rings is 1. The van der Waals surface area contributed by atoms with Crippen molar-refractivity contribution in [3.05, 3.63) is 41.1 Å². The summed E-state index contributed by atoms with van der Waals surface area (Å²) in [5.41, 5.74) is 3.74. The van der Waals surface area contributed by atoms with E-state index in [4.69, 9.17) is 16.6 Å². The lowest BCUT2D eigenvalue weighted by Gasteiger charge is -2.42. The number of aromatic amines is 1. The molecule has 1 atom stereocenters. The van der Waals surface area contributed by atoms with E-state index in [1.54, 1.807) is 6.33 Å². The summed E-state index contributed by atoms with van der Waals surface area (Å²) >= 11 is 6.34. The number of rotatable bonds is 3. The first-order valence-corrected chi connectivity index (χ1v) is 11.6. The molecule has 2 fully saturated rings. The fraction of sp³-hybridized carbons (Fsp3) is 0.522. The van der Waals surface area contributed by atoms with Gasteiger partial charge in [0, 0.05) is 49.2 Å². The molecule has 2 aliphatic heterocycles. The third kappa shape index (κ3) is 3.26. The smallest absolute Gasteiger partial charge is 0.141 e. The summed E-state index contributed by atoms with van der Waals surface area (Å²) in [6.45, 7) is 4.65. The molecule has 1 unspecified atom stereocenters. The van der Waals surface area contributed by atoms with Gasteiger partial charge in [-0.2, -0.15) is 0 Å². The summed E-state index contributed by atoms with van der Waals surface area (Å²) in [5.74, 6) is 1.52. The first kappa shape index (κ1) is 19.3. The van der Waals surface area contributed by atoms with Crippen LogP contribution in [0.3, 0.4) is 0 Å². The molecule has 31 heavy (non-hydrogen) atoms. The Labute approximate surface area is 186 Å². The van der Waals surface area contributed by atoms with Gasteiger partial charge in [-0.15, -0.1) is 0 Å². The van der Waals surface area contributed by atoms with E-state index in [-0.39, 0.29) is 6.04 Å². The molecular formula is C23H27ClN6O. The van der Waals surface area contributed by atoms with Gasteiger partial charge in [-0.3, -0.25) is 0 Å². The molecule has 5 heterocycles. The van der Waals surface area contributed by atoms with Crippen LogP contribution < -0.4 is 9.80 Å². The fourth-order valence-corrected chi connectivity index (χ4v) is 5.64. The van der Waals surface area contributed by atoms with E-state index in [0.717, 1.165) is 67.1 Å². The molecule has 1 aliphatic carbocycles. The van der Waals surface area contributed by atoms with Crippen LogP contribution >= 0.6 is 11.6 Å². The Bertz CT molecular complexity index is 1130. The lowest BCUT2D eigenvalue weighted by atomic mass is 9.86. The Morgan fingerprint density at radius 2 is 2.03 bits per heavy atom. The zero-order chi connectivity index (χ0) is 21.2. The highest BCUT2D eigenvalue weighted by atomic mass is 35.5. The number of aliphatic hydroxyl groups is 1. The number of halogens is 1. The fourth-order valence-electron chi connectivity index (χ4n) is 5.45. The van der Waals surface area contributed by atoms with E-state index in [2.05, 4.69) is 37.7 Å². The van der Waals surface area contributed by atoms with Crippen LogP contribution in [0, 0.1) is 5.92 Å². The molecule has 0 bridgehead atoms. The second-order valence-corrected chi connectivity index (χ2v) is 9.76. The minimum absolute atomic E-state index is 0.285. The molecule has 0 aromatic carbocycles. The third-order valence-corrected chi connectivity index (χ3v) is 7.61. The minimum Gasteiger partial charge on any atom is -0.389 e. The van der Waals surface area contributed by atoms with Gasteiger partial charge in [-0.1, -0.05) is 11.6 Å². The molecule has 1 saturated carbocycles. The van der Waals surface area contributed by atoms with Gasteiger partial charge in [0.25, 0.3) is 0 Å². The van der Waals surface area contributed by atoms with Crippen molar-refractivity contribution in [3.8, 4) is 0 Å². The van der Waals surface area contributed by atoms with Crippen molar-refractivity contribution in [1.29, 1.82) is 0 Å². The summed E-state index contributed by atoms with van der Waals surface area (Å²) in [7, 11) is 0. The first-order valence-electron chi connectivity index (χ1n) is 11.2. The highest BCUT2D eigenvalue weighted by Crippen LogP contribution is 2.46. The van der Waals surface area contributed by atoms with Gasteiger partial charge in [-0.05, 0) is 50.7 Å². The number of H-pyrrole nitrogens is 1. The molecular weight excluding hydrogens is 412 g/mol. The van der Waals surface area contributed by atoms with Crippen molar-refractivity contribution in [3.63, 3.8) is 0 Å². The summed E-state index contributed by atoms with van der Waals surface area (Å²) in [5, 5.41) is 12.5. The molecule has 3 aliphatic rings. The van der Waals surface area contributed by atoms with Crippen molar-refractivity contribution in [2.75, 3.05) is 22.9 Å². The summed E-state index contributed by atoms with van der Waals surface area (Å²) in [4.78, 5) is 21.7. The van der Waals surface area contributed by atoms with Gasteiger partial charge in [0.1, 0.15) is 22.9 Å². The Balaban J connectivity index is 1.33. The van der Waals surface area contributed by atoms with Crippen LogP contribution in [0.25, 0.3) is 11.0 Å². The average Bonchev–Trinajstić information content (AvgIpc) is 3.52. The number of anilines is 2. The van der Waals surface area contributed by atoms with Crippen LogP contribution in [0.2, 0.25) is 5.15 Å². The lowest BCUT2D eigenvalue weighted by Crippen LogP contribution is -2.47. The zero-order valence-electron chi connectivity index (χ0n) is 17.7. The van der Waals surface area contributed by atoms with E-state index in [1.807, 2.05) is 12.3 Å². The van der Waals surface area contributed by atoms with Gasteiger partial charge in [0.15, 0.2) is 0 Å². The Kier molecular flexibility index (Phi) is 4.40. The second kappa shape index (κ2) is 7.07. The minimum atomic E-state index is -0.474. The highest BCUT2D eigenvalue weighted by Gasteiger charge is 2.45. The van der Waals surface area contributed by atoms with E-state index in [1.165, 1.54) is 18.4 Å². The Morgan fingerprint density at radius 1 is 1.23 bits per heavy atom. The largest absolute Gasteiger partial charge is 0.389 e. The van der Waals surface area contributed by atoms with E-state index in [9.17, 15) is 5.11 Å². The molecule has 0 radical (unpaired) electrons. The summed E-state index contributed by atoms with van der Waals surface area (Å²) in [6, 6.07) is 4.30. The maximum Gasteiger partial charge on any atom is 0.141 e. The molecule has 0 amide bonds. The normalized spacial score (nSPS) is 23.3. The number of hydrogen-bond acceptors (Lipinski definition) is 6. The number of hydrogen-bond donors (Lipinski definition) is 2. The Hall–Kier alpha value is -2.38. The van der Waals surface area contributed by atoms with Crippen molar-refractivity contribution < 1.29 is 5.11 Å². The van der Waals surface area contributed by atoms with Crippen LogP contribution in [-0.4, -0.2) is 49.8 Å². The third-order valence-electron chi connectivity index (χ3n) is 7.41. The molecule has 0 spiro atoms. The number of nitrogens with one attached hydrogen (secondary N) is 1. The molecule has 1 saturated heterocycles. The topological polar surface area (TPSA) is 81.2 Å². The van der Waals surface area contributed by atoms with Crippen molar-refractivity contribution in [2.24, 2.45) is 5.92 Å². The standard InChI is InChI=1S/C23H27ClN6O/c1-14-10-18-17(12-30(14)19-11-20(24)28-21-16(19)4-7-25-21)22(27-13-26-18)29-8-5-23(31,6-9-29)15-2-3-15/h4,7,11,13-15,31H,2-3,5-6,8-10,12H2,1H3,(H,25,28). The first-order chi connectivity index (χ1) is 15.0. The van der Waals surface area contributed by atoms with Gasteiger partial charge in [0.05, 0.1) is 17.0 Å². The number of aromatic nitrogens is 4. The predicted octanol–water partition coefficient (Wildman–Crippen LogP) is 3.70. The molecule has 2 N–H and O–H groups in total. The van der Waals surface area contributed by atoms with Gasteiger partial charge >= 0.3 is 0 Å². The SMILES string of the molecule is CC1Cc2ncnc(N3CCC(O)(C4CC4)CC3)c2CN1c1cc(Cl)nc2[nH]ccc12. The van der Waals surface area contributed by atoms with Crippen LogP contribution in [0.5, 0.6) is 0 Å². The van der Waals surface area contributed by atoms with Gasteiger partial charge < -0.3 is 19.9 Å².